The van der Waals surface area contributed by atoms with Crippen LogP contribution in [0.15, 0.2) is 41.3 Å². The number of aromatic nitrogens is 1. The van der Waals surface area contributed by atoms with E-state index in [1.54, 1.807) is 6.20 Å². The van der Waals surface area contributed by atoms with Gasteiger partial charge in [0.1, 0.15) is 0 Å². The number of benzene rings is 1. The van der Waals surface area contributed by atoms with E-state index >= 15 is 0 Å². The first-order valence-corrected chi connectivity index (χ1v) is 7.29. The average Bonchev–Trinajstić information content (AvgIpc) is 3.20. The van der Waals surface area contributed by atoms with Gasteiger partial charge in [-0.15, -0.1) is 12.4 Å². The maximum Gasteiger partial charge on any atom is 0.244 e. The Morgan fingerprint density at radius 1 is 1.41 bits per heavy atom. The molecule has 1 saturated heterocycles. The molecular weight excluding hydrogens is 302 g/mol. The summed E-state index contributed by atoms with van der Waals surface area (Å²) in [6.45, 7) is 2.95. The summed E-state index contributed by atoms with van der Waals surface area (Å²) in [4.78, 5) is 16.4. The molecule has 2 heterocycles. The molecule has 0 spiro atoms. The van der Waals surface area contributed by atoms with Crippen molar-refractivity contribution in [2.45, 2.75) is 31.7 Å². The van der Waals surface area contributed by atoms with Crippen molar-refractivity contribution in [1.29, 1.82) is 0 Å². The van der Waals surface area contributed by atoms with Gasteiger partial charge in [-0.2, -0.15) is 0 Å². The Hall–Kier alpha value is -1.85. The molecule has 6 heteroatoms. The van der Waals surface area contributed by atoms with Crippen molar-refractivity contribution >= 4 is 24.0 Å². The lowest BCUT2D eigenvalue weighted by molar-refractivity contribution is -0.122. The lowest BCUT2D eigenvalue weighted by Gasteiger charge is -2.26. The highest BCUT2D eigenvalue weighted by molar-refractivity contribution is 5.98. The van der Waals surface area contributed by atoms with Crippen molar-refractivity contribution in [3.05, 3.63) is 36.9 Å². The third-order valence-electron chi connectivity index (χ3n) is 4.14. The van der Waals surface area contributed by atoms with Gasteiger partial charge < -0.3 is 15.1 Å². The fraction of sp³-hybridized carbons (Fsp3) is 0.375. The zero-order valence-corrected chi connectivity index (χ0v) is 13.3. The molecule has 1 amide bonds. The second kappa shape index (κ2) is 6.94. The van der Waals surface area contributed by atoms with Crippen LogP contribution in [0.2, 0.25) is 0 Å². The SMILES string of the molecule is CCC1(C(=O)Nc2ccc(-c3cnco3)cc2)CCCN1.Cl. The molecule has 5 nitrogen and oxygen atoms in total. The van der Waals surface area contributed by atoms with Gasteiger partial charge in [0.15, 0.2) is 12.2 Å². The summed E-state index contributed by atoms with van der Waals surface area (Å²) in [6, 6.07) is 7.59. The van der Waals surface area contributed by atoms with Crippen molar-refractivity contribution in [1.82, 2.24) is 10.3 Å². The lowest BCUT2D eigenvalue weighted by Crippen LogP contribution is -2.50. The average molecular weight is 322 g/mol. The summed E-state index contributed by atoms with van der Waals surface area (Å²) < 4.78 is 5.25. The number of carbonyl (C=O) groups excluding carboxylic acids is 1. The van der Waals surface area contributed by atoms with Gasteiger partial charge in [0.05, 0.1) is 11.7 Å². The Bertz CT molecular complexity index is 605. The van der Waals surface area contributed by atoms with Gasteiger partial charge in [-0.05, 0) is 50.1 Å². The first kappa shape index (κ1) is 16.5. The summed E-state index contributed by atoms with van der Waals surface area (Å²) in [5.41, 5.74) is 1.32. The number of anilines is 1. The maximum atomic E-state index is 12.5. The standard InChI is InChI=1S/C16H19N3O2.ClH/c1-2-16(8-3-9-18-16)15(20)19-13-6-4-12(5-7-13)14-10-17-11-21-14;/h4-7,10-11,18H,2-3,8-9H2,1H3,(H,19,20);1H. The molecule has 0 bridgehead atoms. The fourth-order valence-corrected chi connectivity index (χ4v) is 2.79. The molecule has 1 fully saturated rings. The second-order valence-electron chi connectivity index (χ2n) is 5.36. The van der Waals surface area contributed by atoms with Crippen LogP contribution in [-0.2, 0) is 4.79 Å². The van der Waals surface area contributed by atoms with E-state index in [0.29, 0.717) is 0 Å². The van der Waals surface area contributed by atoms with Gasteiger partial charge >= 0.3 is 0 Å². The Kier molecular flexibility index (Phi) is 5.21. The summed E-state index contributed by atoms with van der Waals surface area (Å²) >= 11 is 0. The van der Waals surface area contributed by atoms with Gasteiger partial charge in [-0.3, -0.25) is 4.79 Å². The van der Waals surface area contributed by atoms with Crippen LogP contribution in [0.5, 0.6) is 0 Å². The number of hydrogen-bond donors (Lipinski definition) is 2. The van der Waals surface area contributed by atoms with Gasteiger partial charge in [0.2, 0.25) is 5.91 Å². The minimum absolute atomic E-state index is 0. The monoisotopic (exact) mass is 321 g/mol. The van der Waals surface area contributed by atoms with Crippen LogP contribution in [-0.4, -0.2) is 23.0 Å². The molecule has 0 aliphatic carbocycles. The molecule has 22 heavy (non-hydrogen) atoms. The second-order valence-corrected chi connectivity index (χ2v) is 5.36. The summed E-state index contributed by atoms with van der Waals surface area (Å²) in [7, 11) is 0. The topological polar surface area (TPSA) is 67.2 Å². The molecule has 118 valence electrons. The molecule has 1 aliphatic heterocycles. The van der Waals surface area contributed by atoms with Crippen LogP contribution in [0.4, 0.5) is 5.69 Å². The highest BCUT2D eigenvalue weighted by Gasteiger charge is 2.38. The zero-order chi connectivity index (χ0) is 14.7. The minimum Gasteiger partial charge on any atom is -0.444 e. The number of carbonyl (C=O) groups is 1. The molecule has 3 rings (SSSR count). The Morgan fingerprint density at radius 2 is 2.18 bits per heavy atom. The third kappa shape index (κ3) is 3.15. The molecule has 2 N–H and O–H groups in total. The van der Waals surface area contributed by atoms with E-state index in [1.807, 2.05) is 31.2 Å². The fourth-order valence-electron chi connectivity index (χ4n) is 2.79. The molecule has 2 aromatic rings. The number of hydrogen-bond acceptors (Lipinski definition) is 4. The number of amides is 1. The predicted octanol–water partition coefficient (Wildman–Crippen LogP) is 3.23. The smallest absolute Gasteiger partial charge is 0.244 e. The predicted molar refractivity (Wildman–Crippen MR) is 88.1 cm³/mol. The van der Waals surface area contributed by atoms with Crippen molar-refractivity contribution in [3.63, 3.8) is 0 Å². The van der Waals surface area contributed by atoms with Gasteiger partial charge in [-0.25, -0.2) is 4.98 Å². The van der Waals surface area contributed by atoms with E-state index in [1.165, 1.54) is 6.39 Å². The number of nitrogens with one attached hydrogen (secondary N) is 2. The molecule has 1 atom stereocenters. The molecule has 1 aromatic carbocycles. The van der Waals surface area contributed by atoms with E-state index in [-0.39, 0.29) is 18.3 Å². The zero-order valence-electron chi connectivity index (χ0n) is 12.5. The highest BCUT2D eigenvalue weighted by Crippen LogP contribution is 2.26. The Labute approximate surface area is 135 Å². The van der Waals surface area contributed by atoms with E-state index in [2.05, 4.69) is 15.6 Å². The van der Waals surface area contributed by atoms with E-state index in [4.69, 9.17) is 4.42 Å². The van der Waals surface area contributed by atoms with Crippen molar-refractivity contribution < 1.29 is 9.21 Å². The van der Waals surface area contributed by atoms with Gasteiger partial charge in [-0.1, -0.05) is 6.92 Å². The largest absolute Gasteiger partial charge is 0.444 e. The molecule has 1 aromatic heterocycles. The summed E-state index contributed by atoms with van der Waals surface area (Å²) in [5.74, 6) is 0.769. The van der Waals surface area contributed by atoms with Crippen LogP contribution in [0.3, 0.4) is 0 Å². The number of halogens is 1. The molecule has 1 aliphatic rings. The van der Waals surface area contributed by atoms with Crippen molar-refractivity contribution in [3.8, 4) is 11.3 Å². The van der Waals surface area contributed by atoms with Gasteiger partial charge in [0.25, 0.3) is 0 Å². The summed E-state index contributed by atoms with van der Waals surface area (Å²) in [5, 5.41) is 6.34. The van der Waals surface area contributed by atoms with Crippen LogP contribution in [0, 0.1) is 0 Å². The van der Waals surface area contributed by atoms with Crippen LogP contribution in [0.1, 0.15) is 26.2 Å². The maximum absolute atomic E-state index is 12.5. The quantitative estimate of drug-likeness (QED) is 0.907. The molecule has 1 unspecified atom stereocenters. The van der Waals surface area contributed by atoms with E-state index in [0.717, 1.165) is 42.8 Å². The molecule has 0 saturated carbocycles. The number of rotatable bonds is 4. The third-order valence-corrected chi connectivity index (χ3v) is 4.14. The molecular formula is C16H20ClN3O2. The highest BCUT2D eigenvalue weighted by atomic mass is 35.5. The van der Waals surface area contributed by atoms with Crippen molar-refractivity contribution in [2.24, 2.45) is 0 Å². The van der Waals surface area contributed by atoms with Gasteiger partial charge in [0, 0.05) is 11.3 Å². The molecule has 0 radical (unpaired) electrons. The first-order chi connectivity index (χ1) is 10.2. The Balaban J connectivity index is 0.00000176. The normalized spacial score (nSPS) is 20.4. The number of nitrogens with zero attached hydrogens (tertiary/aromatic N) is 1. The van der Waals surface area contributed by atoms with Crippen molar-refractivity contribution in [2.75, 3.05) is 11.9 Å². The first-order valence-electron chi connectivity index (χ1n) is 7.29. The number of oxazole rings is 1. The van der Waals surface area contributed by atoms with E-state index < -0.39 is 5.54 Å². The van der Waals surface area contributed by atoms with Crippen LogP contribution in [0.25, 0.3) is 11.3 Å². The Morgan fingerprint density at radius 3 is 2.73 bits per heavy atom. The summed E-state index contributed by atoms with van der Waals surface area (Å²) in [6.07, 6.45) is 5.82. The lowest BCUT2D eigenvalue weighted by atomic mass is 9.93. The minimum atomic E-state index is -0.413. The van der Waals surface area contributed by atoms with Crippen LogP contribution < -0.4 is 10.6 Å². The van der Waals surface area contributed by atoms with Crippen LogP contribution >= 0.6 is 12.4 Å². The van der Waals surface area contributed by atoms with E-state index in [9.17, 15) is 4.79 Å².